The first kappa shape index (κ1) is 13.0. The average molecular weight is 258 g/mol. The zero-order valence-electron chi connectivity index (χ0n) is 12.9. The van der Waals surface area contributed by atoms with Crippen molar-refractivity contribution in [3.05, 3.63) is 28.8 Å². The number of hydrogen-bond acceptors (Lipinski definition) is 1. The van der Waals surface area contributed by atoms with Gasteiger partial charge in [-0.2, -0.15) is 0 Å². The van der Waals surface area contributed by atoms with Crippen LogP contribution in [0.2, 0.25) is 0 Å². The standard InChI is InChI=1S/C18H26O/c1-11-8-14(16(19)9-12(11)2)15-10-13-6-7-18(15,5)17(13,3)4/h8-9,13,15,19H,6-7,10H2,1-5H3/t13-,15+,18+/m0/s1. The second kappa shape index (κ2) is 3.77. The highest BCUT2D eigenvalue weighted by atomic mass is 16.3. The van der Waals surface area contributed by atoms with Crippen LogP contribution in [-0.2, 0) is 0 Å². The van der Waals surface area contributed by atoms with Gasteiger partial charge >= 0.3 is 0 Å². The van der Waals surface area contributed by atoms with Crippen molar-refractivity contribution in [2.24, 2.45) is 16.7 Å². The Labute approximate surface area is 117 Å². The molecule has 104 valence electrons. The van der Waals surface area contributed by atoms with Crippen molar-refractivity contribution in [3.63, 3.8) is 0 Å². The van der Waals surface area contributed by atoms with Gasteiger partial charge in [0.15, 0.2) is 0 Å². The SMILES string of the molecule is Cc1cc(O)c([C@H]2C[C@@H]3CC[C@@]2(C)C3(C)C)cc1C. The normalized spacial score (nSPS) is 35.8. The van der Waals surface area contributed by atoms with Gasteiger partial charge in [0.05, 0.1) is 0 Å². The average Bonchev–Trinajstić information content (AvgIpc) is 2.66. The van der Waals surface area contributed by atoms with E-state index in [0.717, 1.165) is 5.92 Å². The number of hydrogen-bond donors (Lipinski definition) is 1. The molecule has 0 heterocycles. The van der Waals surface area contributed by atoms with E-state index in [1.54, 1.807) is 0 Å². The van der Waals surface area contributed by atoms with E-state index in [4.69, 9.17) is 0 Å². The number of benzene rings is 1. The number of fused-ring (bicyclic) bond motifs is 2. The molecule has 2 bridgehead atoms. The summed E-state index contributed by atoms with van der Waals surface area (Å²) in [5, 5.41) is 10.4. The summed E-state index contributed by atoms with van der Waals surface area (Å²) < 4.78 is 0. The molecule has 1 N–H and O–H groups in total. The van der Waals surface area contributed by atoms with Gasteiger partial charge in [-0.05, 0) is 78.5 Å². The van der Waals surface area contributed by atoms with Gasteiger partial charge in [0.1, 0.15) is 5.75 Å². The van der Waals surface area contributed by atoms with Gasteiger partial charge < -0.3 is 5.11 Å². The van der Waals surface area contributed by atoms with Crippen LogP contribution in [0, 0.1) is 30.6 Å². The van der Waals surface area contributed by atoms with Crippen molar-refractivity contribution < 1.29 is 5.11 Å². The molecular formula is C18H26O. The lowest BCUT2D eigenvalue weighted by Crippen LogP contribution is -2.31. The first-order valence-corrected chi connectivity index (χ1v) is 7.57. The number of phenols is 1. The highest BCUT2D eigenvalue weighted by Crippen LogP contribution is 2.71. The summed E-state index contributed by atoms with van der Waals surface area (Å²) in [4.78, 5) is 0. The fourth-order valence-corrected chi connectivity index (χ4v) is 4.78. The highest BCUT2D eigenvalue weighted by Gasteiger charge is 2.61. The number of phenolic OH excluding ortho intramolecular Hbond substituents is 1. The number of aromatic hydroxyl groups is 1. The van der Waals surface area contributed by atoms with E-state index in [1.807, 2.05) is 6.07 Å². The van der Waals surface area contributed by atoms with Gasteiger partial charge in [-0.3, -0.25) is 0 Å². The molecule has 2 saturated carbocycles. The summed E-state index contributed by atoms with van der Waals surface area (Å²) in [6.45, 7) is 11.5. The van der Waals surface area contributed by atoms with E-state index >= 15 is 0 Å². The minimum absolute atomic E-state index is 0.344. The molecule has 1 aromatic rings. The molecule has 0 saturated heterocycles. The third-order valence-corrected chi connectivity index (χ3v) is 6.81. The van der Waals surface area contributed by atoms with E-state index in [2.05, 4.69) is 40.7 Å². The smallest absolute Gasteiger partial charge is 0.119 e. The Balaban J connectivity index is 2.08. The molecule has 1 aromatic carbocycles. The molecule has 2 aliphatic carbocycles. The van der Waals surface area contributed by atoms with Gasteiger partial charge in [0, 0.05) is 0 Å². The molecule has 0 aromatic heterocycles. The maximum absolute atomic E-state index is 10.4. The molecule has 3 rings (SSSR count). The Morgan fingerprint density at radius 1 is 1.11 bits per heavy atom. The van der Waals surface area contributed by atoms with Crippen LogP contribution in [0.1, 0.15) is 62.6 Å². The molecular weight excluding hydrogens is 232 g/mol. The van der Waals surface area contributed by atoms with Crippen molar-refractivity contribution in [2.75, 3.05) is 0 Å². The zero-order chi connectivity index (χ0) is 14.0. The van der Waals surface area contributed by atoms with Crippen LogP contribution in [0.15, 0.2) is 12.1 Å². The van der Waals surface area contributed by atoms with Crippen molar-refractivity contribution in [2.45, 2.75) is 59.8 Å². The van der Waals surface area contributed by atoms with Gasteiger partial charge in [0.25, 0.3) is 0 Å². The highest BCUT2D eigenvalue weighted by molar-refractivity contribution is 5.45. The number of aryl methyl sites for hydroxylation is 2. The zero-order valence-corrected chi connectivity index (χ0v) is 12.9. The lowest BCUT2D eigenvalue weighted by Gasteiger charge is -2.40. The minimum atomic E-state index is 0.344. The van der Waals surface area contributed by atoms with E-state index in [1.165, 1.54) is 36.0 Å². The van der Waals surface area contributed by atoms with Gasteiger partial charge in [-0.1, -0.05) is 26.8 Å². The van der Waals surface area contributed by atoms with Crippen molar-refractivity contribution in [3.8, 4) is 5.75 Å². The molecule has 19 heavy (non-hydrogen) atoms. The first-order valence-electron chi connectivity index (χ1n) is 7.57. The molecule has 3 atom stereocenters. The van der Waals surface area contributed by atoms with E-state index in [0.29, 0.717) is 22.5 Å². The Kier molecular flexibility index (Phi) is 2.59. The van der Waals surface area contributed by atoms with Crippen LogP contribution >= 0.6 is 0 Å². The van der Waals surface area contributed by atoms with Gasteiger partial charge in [-0.15, -0.1) is 0 Å². The van der Waals surface area contributed by atoms with Crippen LogP contribution < -0.4 is 0 Å². The summed E-state index contributed by atoms with van der Waals surface area (Å²) in [7, 11) is 0. The molecule has 0 unspecified atom stereocenters. The quantitative estimate of drug-likeness (QED) is 0.756. The summed E-state index contributed by atoms with van der Waals surface area (Å²) in [6.07, 6.45) is 3.92. The van der Waals surface area contributed by atoms with Gasteiger partial charge in [0.2, 0.25) is 0 Å². The molecule has 0 radical (unpaired) electrons. The topological polar surface area (TPSA) is 20.2 Å². The molecule has 0 aliphatic heterocycles. The van der Waals surface area contributed by atoms with Crippen molar-refractivity contribution in [1.82, 2.24) is 0 Å². The van der Waals surface area contributed by atoms with Gasteiger partial charge in [-0.25, -0.2) is 0 Å². The second-order valence-corrected chi connectivity index (χ2v) is 7.66. The summed E-state index contributed by atoms with van der Waals surface area (Å²) >= 11 is 0. The third-order valence-electron chi connectivity index (χ3n) is 6.81. The Morgan fingerprint density at radius 2 is 1.74 bits per heavy atom. The van der Waals surface area contributed by atoms with E-state index in [-0.39, 0.29) is 0 Å². The van der Waals surface area contributed by atoms with Crippen LogP contribution in [0.25, 0.3) is 0 Å². The lowest BCUT2D eigenvalue weighted by atomic mass is 9.65. The molecule has 2 aliphatic rings. The molecule has 0 spiro atoms. The largest absolute Gasteiger partial charge is 0.508 e. The Hall–Kier alpha value is -0.980. The summed E-state index contributed by atoms with van der Waals surface area (Å²) in [5.41, 5.74) is 4.44. The fourth-order valence-electron chi connectivity index (χ4n) is 4.78. The predicted molar refractivity (Wildman–Crippen MR) is 79.6 cm³/mol. The fraction of sp³-hybridized carbons (Fsp3) is 0.667. The van der Waals surface area contributed by atoms with Crippen molar-refractivity contribution >= 4 is 0 Å². The van der Waals surface area contributed by atoms with Crippen LogP contribution in [-0.4, -0.2) is 5.11 Å². The molecule has 2 fully saturated rings. The lowest BCUT2D eigenvalue weighted by molar-refractivity contribution is 0.133. The number of rotatable bonds is 1. The Bertz CT molecular complexity index is 529. The van der Waals surface area contributed by atoms with E-state index in [9.17, 15) is 5.11 Å². The van der Waals surface area contributed by atoms with E-state index < -0.39 is 0 Å². The second-order valence-electron chi connectivity index (χ2n) is 7.66. The van der Waals surface area contributed by atoms with Crippen LogP contribution in [0.3, 0.4) is 0 Å². The maximum Gasteiger partial charge on any atom is 0.119 e. The summed E-state index contributed by atoms with van der Waals surface area (Å²) in [5.74, 6) is 1.86. The predicted octanol–water partition coefficient (Wildman–Crippen LogP) is 4.94. The van der Waals surface area contributed by atoms with Crippen molar-refractivity contribution in [1.29, 1.82) is 0 Å². The van der Waals surface area contributed by atoms with Crippen LogP contribution in [0.4, 0.5) is 0 Å². The molecule has 1 nitrogen and oxygen atoms in total. The third kappa shape index (κ3) is 1.53. The molecule has 0 amide bonds. The monoisotopic (exact) mass is 258 g/mol. The van der Waals surface area contributed by atoms with Crippen LogP contribution in [0.5, 0.6) is 5.75 Å². The molecule has 1 heteroatoms. The first-order chi connectivity index (χ1) is 8.77. The maximum atomic E-state index is 10.4. The summed E-state index contributed by atoms with van der Waals surface area (Å²) in [6, 6.07) is 4.18. The minimum Gasteiger partial charge on any atom is -0.508 e. The Morgan fingerprint density at radius 3 is 2.26 bits per heavy atom.